The highest BCUT2D eigenvalue weighted by Crippen LogP contribution is 2.26. The Morgan fingerprint density at radius 1 is 1.18 bits per heavy atom. The Morgan fingerprint density at radius 2 is 1.96 bits per heavy atom. The van der Waals surface area contributed by atoms with Crippen molar-refractivity contribution in [3.05, 3.63) is 60.2 Å². The van der Waals surface area contributed by atoms with E-state index in [1.165, 1.54) is 32.4 Å². The first-order valence-corrected chi connectivity index (χ1v) is 9.63. The number of methoxy groups -OCH3 is 2. The Labute approximate surface area is 161 Å². The molecule has 0 saturated carbocycles. The van der Waals surface area contributed by atoms with Crippen molar-refractivity contribution in [2.75, 3.05) is 20.0 Å². The van der Waals surface area contributed by atoms with Gasteiger partial charge in [0.2, 0.25) is 10.0 Å². The molecule has 0 bridgehead atoms. The van der Waals surface area contributed by atoms with Crippen LogP contribution in [0.2, 0.25) is 0 Å². The molecule has 0 saturated heterocycles. The van der Waals surface area contributed by atoms with Gasteiger partial charge in [-0.15, -0.1) is 0 Å². The van der Waals surface area contributed by atoms with Crippen LogP contribution in [0.3, 0.4) is 0 Å². The van der Waals surface area contributed by atoms with E-state index in [1.807, 2.05) is 0 Å². The molecule has 2 aromatic carbocycles. The summed E-state index contributed by atoms with van der Waals surface area (Å²) in [4.78, 5) is -0.122. The maximum atomic E-state index is 13.3. The third-order valence-corrected chi connectivity index (χ3v) is 5.45. The SMILES string of the molecule is COc1ccc(CNS(=O)(=O)c2cc(N)ccc2-n2cc(F)cn2)c(OC)c1. The van der Waals surface area contributed by atoms with E-state index in [2.05, 4.69) is 9.82 Å². The Balaban J connectivity index is 1.93. The topological polar surface area (TPSA) is 108 Å². The van der Waals surface area contributed by atoms with Crippen molar-refractivity contribution in [1.29, 1.82) is 0 Å². The predicted molar refractivity (Wildman–Crippen MR) is 102 cm³/mol. The second-order valence-corrected chi connectivity index (χ2v) is 7.57. The fourth-order valence-corrected chi connectivity index (χ4v) is 3.85. The maximum absolute atomic E-state index is 13.3. The van der Waals surface area contributed by atoms with Crippen LogP contribution in [0.4, 0.5) is 10.1 Å². The number of benzene rings is 2. The van der Waals surface area contributed by atoms with Crippen molar-refractivity contribution in [3.63, 3.8) is 0 Å². The largest absolute Gasteiger partial charge is 0.497 e. The number of aromatic nitrogens is 2. The average Bonchev–Trinajstić information content (AvgIpc) is 3.12. The molecule has 0 unspecified atom stereocenters. The zero-order valence-electron chi connectivity index (χ0n) is 15.2. The van der Waals surface area contributed by atoms with Crippen LogP contribution < -0.4 is 19.9 Å². The molecule has 0 aliphatic heterocycles. The zero-order chi connectivity index (χ0) is 20.3. The fraction of sp³-hybridized carbons (Fsp3) is 0.167. The molecule has 0 atom stereocenters. The third kappa shape index (κ3) is 4.07. The molecular weight excluding hydrogens is 387 g/mol. The third-order valence-electron chi connectivity index (χ3n) is 4.02. The minimum Gasteiger partial charge on any atom is -0.497 e. The average molecular weight is 406 g/mol. The van der Waals surface area contributed by atoms with Gasteiger partial charge in [-0.25, -0.2) is 22.2 Å². The summed E-state index contributed by atoms with van der Waals surface area (Å²) in [6.45, 7) is -0.0305. The molecule has 10 heteroatoms. The highest BCUT2D eigenvalue weighted by Gasteiger charge is 2.21. The number of nitrogens with zero attached hydrogens (tertiary/aromatic N) is 2. The van der Waals surface area contributed by atoms with Gasteiger partial charge < -0.3 is 15.2 Å². The van der Waals surface area contributed by atoms with Gasteiger partial charge in [0.05, 0.1) is 32.3 Å². The summed E-state index contributed by atoms with van der Waals surface area (Å²) >= 11 is 0. The minimum atomic E-state index is -3.99. The van der Waals surface area contributed by atoms with Gasteiger partial charge in [-0.2, -0.15) is 5.10 Å². The molecule has 28 heavy (non-hydrogen) atoms. The number of halogens is 1. The lowest BCUT2D eigenvalue weighted by atomic mass is 10.2. The number of ether oxygens (including phenoxy) is 2. The minimum absolute atomic E-state index is 0.0305. The monoisotopic (exact) mass is 406 g/mol. The van der Waals surface area contributed by atoms with Gasteiger partial charge in [0.1, 0.15) is 16.4 Å². The summed E-state index contributed by atoms with van der Waals surface area (Å²) in [5.41, 5.74) is 6.80. The van der Waals surface area contributed by atoms with Crippen LogP contribution in [-0.4, -0.2) is 32.4 Å². The first kappa shape index (κ1) is 19.6. The number of nitrogens with one attached hydrogen (secondary N) is 1. The van der Waals surface area contributed by atoms with Gasteiger partial charge in [-0.3, -0.25) is 0 Å². The van der Waals surface area contributed by atoms with Crippen LogP contribution in [-0.2, 0) is 16.6 Å². The first-order chi connectivity index (χ1) is 13.3. The standard InChI is InChI=1S/C18H19FN4O4S/c1-26-15-5-3-12(17(8-15)27-2)9-22-28(24,25)18-7-14(20)4-6-16(18)23-11-13(19)10-21-23/h3-8,10-11,22H,9,20H2,1-2H3. The molecule has 3 aromatic rings. The van der Waals surface area contributed by atoms with Crippen LogP contribution in [0.1, 0.15) is 5.56 Å². The van der Waals surface area contributed by atoms with E-state index >= 15 is 0 Å². The number of hydrogen-bond donors (Lipinski definition) is 2. The second kappa shape index (κ2) is 7.87. The lowest BCUT2D eigenvalue weighted by molar-refractivity contribution is 0.390. The van der Waals surface area contributed by atoms with Crippen LogP contribution in [0.25, 0.3) is 5.69 Å². The smallest absolute Gasteiger partial charge is 0.243 e. The Morgan fingerprint density at radius 3 is 2.61 bits per heavy atom. The molecule has 1 heterocycles. The highest BCUT2D eigenvalue weighted by molar-refractivity contribution is 7.89. The fourth-order valence-electron chi connectivity index (χ4n) is 2.62. The van der Waals surface area contributed by atoms with E-state index in [4.69, 9.17) is 15.2 Å². The molecule has 0 amide bonds. The van der Waals surface area contributed by atoms with E-state index in [0.717, 1.165) is 17.1 Å². The van der Waals surface area contributed by atoms with Crippen LogP contribution in [0.5, 0.6) is 11.5 Å². The van der Waals surface area contributed by atoms with E-state index in [-0.39, 0.29) is 22.8 Å². The molecule has 3 N–H and O–H groups in total. The summed E-state index contributed by atoms with van der Waals surface area (Å²) in [5, 5.41) is 3.83. The number of anilines is 1. The molecule has 148 valence electrons. The summed E-state index contributed by atoms with van der Waals surface area (Å²) in [6, 6.07) is 9.32. The molecule has 0 aliphatic rings. The molecular formula is C18H19FN4O4S. The maximum Gasteiger partial charge on any atom is 0.243 e. The van der Waals surface area contributed by atoms with Crippen molar-refractivity contribution in [3.8, 4) is 17.2 Å². The normalized spacial score (nSPS) is 11.4. The van der Waals surface area contributed by atoms with Gasteiger partial charge in [-0.1, -0.05) is 6.07 Å². The summed E-state index contributed by atoms with van der Waals surface area (Å²) < 4.78 is 53.2. The molecule has 0 fully saturated rings. The summed E-state index contributed by atoms with van der Waals surface area (Å²) in [6.07, 6.45) is 2.07. The molecule has 0 spiro atoms. The number of rotatable bonds is 7. The van der Waals surface area contributed by atoms with Crippen molar-refractivity contribution in [2.24, 2.45) is 0 Å². The lowest BCUT2D eigenvalue weighted by Crippen LogP contribution is -2.25. The van der Waals surface area contributed by atoms with E-state index < -0.39 is 15.8 Å². The van der Waals surface area contributed by atoms with Gasteiger partial charge in [-0.05, 0) is 24.3 Å². The van der Waals surface area contributed by atoms with Gasteiger partial charge in [0.15, 0.2) is 5.82 Å². The zero-order valence-corrected chi connectivity index (χ0v) is 16.0. The van der Waals surface area contributed by atoms with Crippen molar-refractivity contribution in [2.45, 2.75) is 11.4 Å². The summed E-state index contributed by atoms with van der Waals surface area (Å²) in [5.74, 6) is 0.474. The van der Waals surface area contributed by atoms with Crippen LogP contribution in [0, 0.1) is 5.82 Å². The molecule has 1 aromatic heterocycles. The highest BCUT2D eigenvalue weighted by atomic mass is 32.2. The van der Waals surface area contributed by atoms with Crippen LogP contribution in [0.15, 0.2) is 53.7 Å². The molecule has 0 aliphatic carbocycles. The van der Waals surface area contributed by atoms with Gasteiger partial charge in [0, 0.05) is 23.9 Å². The van der Waals surface area contributed by atoms with E-state index in [9.17, 15) is 12.8 Å². The van der Waals surface area contributed by atoms with Gasteiger partial charge >= 0.3 is 0 Å². The molecule has 8 nitrogen and oxygen atoms in total. The van der Waals surface area contributed by atoms with E-state index in [0.29, 0.717) is 17.1 Å². The van der Waals surface area contributed by atoms with Crippen molar-refractivity contribution < 1.29 is 22.3 Å². The number of hydrogen-bond acceptors (Lipinski definition) is 6. The number of sulfonamides is 1. The number of nitrogen functional groups attached to an aromatic ring is 1. The van der Waals surface area contributed by atoms with Crippen molar-refractivity contribution >= 4 is 15.7 Å². The lowest BCUT2D eigenvalue weighted by Gasteiger charge is -2.14. The predicted octanol–water partition coefficient (Wildman–Crippen LogP) is 2.09. The molecule has 0 radical (unpaired) electrons. The first-order valence-electron chi connectivity index (χ1n) is 8.14. The molecule has 3 rings (SSSR count). The van der Waals surface area contributed by atoms with E-state index in [1.54, 1.807) is 18.2 Å². The Hall–Kier alpha value is -3.11. The quantitative estimate of drug-likeness (QED) is 0.582. The van der Waals surface area contributed by atoms with Crippen LogP contribution >= 0.6 is 0 Å². The Bertz CT molecular complexity index is 1100. The summed E-state index contributed by atoms with van der Waals surface area (Å²) in [7, 11) is -0.986. The Kier molecular flexibility index (Phi) is 5.52. The second-order valence-electron chi connectivity index (χ2n) is 5.83. The number of nitrogens with two attached hydrogens (primary N) is 1. The van der Waals surface area contributed by atoms with Gasteiger partial charge in [0.25, 0.3) is 0 Å². The van der Waals surface area contributed by atoms with Crippen molar-refractivity contribution in [1.82, 2.24) is 14.5 Å².